The zero-order valence-electron chi connectivity index (χ0n) is 16.7. The summed E-state index contributed by atoms with van der Waals surface area (Å²) in [7, 11) is 1.60. The van der Waals surface area contributed by atoms with E-state index in [1.165, 1.54) is 11.3 Å². The molecule has 150 valence electrons. The Kier molecular flexibility index (Phi) is 6.67. The molecule has 29 heavy (non-hydrogen) atoms. The summed E-state index contributed by atoms with van der Waals surface area (Å²) in [4.78, 5) is 26.3. The van der Waals surface area contributed by atoms with Crippen molar-refractivity contribution in [1.82, 2.24) is 0 Å². The molecule has 0 aliphatic rings. The fraction of sp³-hybridized carbons (Fsp3) is 0.217. The van der Waals surface area contributed by atoms with Crippen molar-refractivity contribution in [3.05, 3.63) is 70.6 Å². The fourth-order valence-electron chi connectivity index (χ4n) is 3.08. The fourth-order valence-corrected chi connectivity index (χ4v) is 4.16. The predicted molar refractivity (Wildman–Crippen MR) is 116 cm³/mol. The topological polar surface area (TPSA) is 64.6 Å². The van der Waals surface area contributed by atoms with Gasteiger partial charge < -0.3 is 14.8 Å². The van der Waals surface area contributed by atoms with Crippen LogP contribution in [0.25, 0.3) is 11.1 Å². The maximum atomic E-state index is 12.7. The minimum atomic E-state index is -0.435. The molecule has 0 atom stereocenters. The molecule has 0 saturated carbocycles. The van der Waals surface area contributed by atoms with E-state index in [2.05, 4.69) is 5.32 Å². The van der Waals surface area contributed by atoms with Gasteiger partial charge in [-0.2, -0.15) is 0 Å². The zero-order valence-corrected chi connectivity index (χ0v) is 17.5. The molecule has 1 heterocycles. The van der Waals surface area contributed by atoms with Crippen LogP contribution in [0, 0.1) is 6.92 Å². The van der Waals surface area contributed by atoms with Gasteiger partial charge in [-0.1, -0.05) is 42.5 Å². The number of thiophene rings is 1. The van der Waals surface area contributed by atoms with Crippen LogP contribution in [0.3, 0.4) is 0 Å². The minimum absolute atomic E-state index is 0.193. The Morgan fingerprint density at radius 2 is 1.72 bits per heavy atom. The van der Waals surface area contributed by atoms with Crippen molar-refractivity contribution >= 4 is 28.2 Å². The highest BCUT2D eigenvalue weighted by molar-refractivity contribution is 7.17. The molecular formula is C23H23NO4S. The number of hydrogen-bond donors (Lipinski definition) is 1. The van der Waals surface area contributed by atoms with Crippen LogP contribution in [0.1, 0.15) is 27.7 Å². The van der Waals surface area contributed by atoms with E-state index in [-0.39, 0.29) is 18.9 Å². The maximum absolute atomic E-state index is 12.7. The van der Waals surface area contributed by atoms with Gasteiger partial charge in [0.15, 0.2) is 0 Å². The molecule has 3 aromatic rings. The lowest BCUT2D eigenvalue weighted by atomic mass is 10.0. The zero-order chi connectivity index (χ0) is 20.8. The number of methoxy groups -OCH3 is 1. The molecule has 1 N–H and O–H groups in total. The Labute approximate surface area is 174 Å². The van der Waals surface area contributed by atoms with Gasteiger partial charge in [0.1, 0.15) is 16.3 Å². The Morgan fingerprint density at radius 1 is 1.03 bits per heavy atom. The van der Waals surface area contributed by atoms with E-state index in [4.69, 9.17) is 9.47 Å². The molecule has 0 fully saturated rings. The van der Waals surface area contributed by atoms with E-state index >= 15 is 0 Å². The van der Waals surface area contributed by atoms with Gasteiger partial charge in [0.25, 0.3) is 0 Å². The van der Waals surface area contributed by atoms with E-state index in [9.17, 15) is 9.59 Å². The SMILES string of the molecule is CCOC(=O)c1c(NC(=O)Cc2ccc(OC)cc2)sc(C)c1-c1ccccc1. The molecule has 0 aliphatic carbocycles. The average molecular weight is 410 g/mol. The number of hydrogen-bond acceptors (Lipinski definition) is 5. The molecule has 1 aromatic heterocycles. The smallest absolute Gasteiger partial charge is 0.341 e. The molecular weight excluding hydrogens is 386 g/mol. The second kappa shape index (κ2) is 9.39. The number of esters is 1. The van der Waals surface area contributed by atoms with Gasteiger partial charge in [0, 0.05) is 10.4 Å². The summed E-state index contributed by atoms with van der Waals surface area (Å²) in [5.41, 5.74) is 2.98. The third kappa shape index (κ3) is 4.84. The summed E-state index contributed by atoms with van der Waals surface area (Å²) < 4.78 is 10.4. The van der Waals surface area contributed by atoms with E-state index in [1.54, 1.807) is 14.0 Å². The van der Waals surface area contributed by atoms with E-state index < -0.39 is 5.97 Å². The number of amides is 1. The third-order valence-electron chi connectivity index (χ3n) is 4.40. The molecule has 0 radical (unpaired) electrons. The number of carbonyl (C=O) groups is 2. The summed E-state index contributed by atoms with van der Waals surface area (Å²) in [5.74, 6) is 0.108. The molecule has 6 heteroatoms. The number of carbonyl (C=O) groups excluding carboxylic acids is 2. The van der Waals surface area contributed by atoms with Crippen LogP contribution in [0.2, 0.25) is 0 Å². The first-order valence-electron chi connectivity index (χ1n) is 9.32. The van der Waals surface area contributed by atoms with Crippen molar-refractivity contribution in [1.29, 1.82) is 0 Å². The van der Waals surface area contributed by atoms with Gasteiger partial charge in [-0.3, -0.25) is 4.79 Å². The summed E-state index contributed by atoms with van der Waals surface area (Å²) in [6.07, 6.45) is 0.198. The highest BCUT2D eigenvalue weighted by atomic mass is 32.1. The van der Waals surface area contributed by atoms with Gasteiger partial charge in [-0.05, 0) is 37.1 Å². The van der Waals surface area contributed by atoms with Crippen LogP contribution in [0.5, 0.6) is 5.75 Å². The molecule has 3 rings (SSSR count). The van der Waals surface area contributed by atoms with Gasteiger partial charge in [0.2, 0.25) is 5.91 Å². The molecule has 1 amide bonds. The number of anilines is 1. The summed E-state index contributed by atoms with van der Waals surface area (Å²) in [6.45, 7) is 3.97. The van der Waals surface area contributed by atoms with Gasteiger partial charge >= 0.3 is 5.97 Å². The van der Waals surface area contributed by atoms with Crippen LogP contribution in [-0.2, 0) is 16.0 Å². The van der Waals surface area contributed by atoms with Crippen molar-refractivity contribution < 1.29 is 19.1 Å². The number of nitrogens with one attached hydrogen (secondary N) is 1. The van der Waals surface area contributed by atoms with E-state index in [0.29, 0.717) is 10.6 Å². The lowest BCUT2D eigenvalue weighted by Gasteiger charge is -2.09. The highest BCUT2D eigenvalue weighted by Crippen LogP contribution is 2.40. The second-order valence-electron chi connectivity index (χ2n) is 6.40. The maximum Gasteiger partial charge on any atom is 0.341 e. The van der Waals surface area contributed by atoms with Crippen LogP contribution >= 0.6 is 11.3 Å². The van der Waals surface area contributed by atoms with Crippen molar-refractivity contribution in [2.75, 3.05) is 19.0 Å². The highest BCUT2D eigenvalue weighted by Gasteiger charge is 2.25. The summed E-state index contributed by atoms with van der Waals surface area (Å²) in [5, 5.41) is 3.42. The molecule has 2 aromatic carbocycles. The van der Waals surface area contributed by atoms with E-state index in [1.807, 2.05) is 61.5 Å². The molecule has 0 spiro atoms. The third-order valence-corrected chi connectivity index (χ3v) is 5.42. The number of ether oxygens (including phenoxy) is 2. The number of rotatable bonds is 7. The van der Waals surface area contributed by atoms with Gasteiger partial charge in [0.05, 0.1) is 20.1 Å². The molecule has 0 saturated heterocycles. The first-order valence-corrected chi connectivity index (χ1v) is 10.1. The quantitative estimate of drug-likeness (QED) is 0.552. The van der Waals surface area contributed by atoms with Crippen molar-refractivity contribution in [3.8, 4) is 16.9 Å². The first-order chi connectivity index (χ1) is 14.0. The Bertz CT molecular complexity index is 994. The molecule has 5 nitrogen and oxygen atoms in total. The van der Waals surface area contributed by atoms with Crippen LogP contribution in [0.4, 0.5) is 5.00 Å². The Hall–Kier alpha value is -3.12. The average Bonchev–Trinajstić information content (AvgIpc) is 3.05. The summed E-state index contributed by atoms with van der Waals surface area (Å²) in [6, 6.07) is 17.0. The predicted octanol–water partition coefficient (Wildman–Crippen LogP) is 5.09. The van der Waals surface area contributed by atoms with Gasteiger partial charge in [-0.25, -0.2) is 4.79 Å². The minimum Gasteiger partial charge on any atom is -0.497 e. The molecule has 0 unspecified atom stereocenters. The van der Waals surface area contributed by atoms with Crippen LogP contribution in [0.15, 0.2) is 54.6 Å². The Morgan fingerprint density at radius 3 is 2.34 bits per heavy atom. The largest absolute Gasteiger partial charge is 0.497 e. The molecule has 0 bridgehead atoms. The lowest BCUT2D eigenvalue weighted by molar-refractivity contribution is -0.115. The van der Waals surface area contributed by atoms with Crippen LogP contribution in [-0.4, -0.2) is 25.6 Å². The molecule has 0 aliphatic heterocycles. The normalized spacial score (nSPS) is 10.4. The van der Waals surface area contributed by atoms with Crippen molar-refractivity contribution in [2.24, 2.45) is 0 Å². The lowest BCUT2D eigenvalue weighted by Crippen LogP contribution is -2.16. The van der Waals surface area contributed by atoms with Gasteiger partial charge in [-0.15, -0.1) is 11.3 Å². The second-order valence-corrected chi connectivity index (χ2v) is 7.62. The monoisotopic (exact) mass is 409 g/mol. The number of aryl methyl sites for hydroxylation is 1. The summed E-state index contributed by atoms with van der Waals surface area (Å²) >= 11 is 1.38. The first kappa shape index (κ1) is 20.6. The number of benzene rings is 2. The van der Waals surface area contributed by atoms with Crippen molar-refractivity contribution in [3.63, 3.8) is 0 Å². The van der Waals surface area contributed by atoms with Crippen LogP contribution < -0.4 is 10.1 Å². The van der Waals surface area contributed by atoms with Crippen molar-refractivity contribution in [2.45, 2.75) is 20.3 Å². The Balaban J connectivity index is 1.89. The standard InChI is InChI=1S/C23H23NO4S/c1-4-28-23(26)21-20(17-8-6-5-7-9-17)15(2)29-22(21)24-19(25)14-16-10-12-18(27-3)13-11-16/h5-13H,4,14H2,1-3H3,(H,24,25). The van der Waals surface area contributed by atoms with E-state index in [0.717, 1.165) is 27.3 Å².